The van der Waals surface area contributed by atoms with E-state index in [-0.39, 0.29) is 12.5 Å². The molecule has 0 unspecified atom stereocenters. The van der Waals surface area contributed by atoms with Gasteiger partial charge in [0.05, 0.1) is 12.8 Å². The lowest BCUT2D eigenvalue weighted by molar-refractivity contribution is -0.131. The average Bonchev–Trinajstić information content (AvgIpc) is 3.01. The fourth-order valence-corrected chi connectivity index (χ4v) is 2.97. The number of rotatable bonds is 8. The first-order valence-corrected chi connectivity index (χ1v) is 8.66. The Morgan fingerprint density at radius 1 is 1.40 bits per heavy atom. The minimum absolute atomic E-state index is 0.0226. The maximum atomic E-state index is 12.5. The SMILES string of the molecule is CCCCN(CCO)C(=O)CCc1c(C)nc2c(C#N)cnn2c1C. The second kappa shape index (κ2) is 8.58. The molecule has 1 N–H and O–H groups in total. The molecule has 0 saturated heterocycles. The summed E-state index contributed by atoms with van der Waals surface area (Å²) >= 11 is 0. The lowest BCUT2D eigenvalue weighted by Gasteiger charge is -2.22. The number of nitrogens with zero attached hydrogens (tertiary/aromatic N) is 5. The molecule has 134 valence electrons. The second-order valence-electron chi connectivity index (χ2n) is 6.12. The summed E-state index contributed by atoms with van der Waals surface area (Å²) in [6, 6.07) is 2.09. The molecule has 0 spiro atoms. The number of aliphatic hydroxyl groups is 1. The molecule has 2 heterocycles. The zero-order valence-electron chi connectivity index (χ0n) is 15.1. The topological polar surface area (TPSA) is 94.5 Å². The number of nitriles is 1. The Kier molecular flexibility index (Phi) is 6.48. The van der Waals surface area contributed by atoms with Crippen LogP contribution in [0, 0.1) is 25.2 Å². The van der Waals surface area contributed by atoms with Gasteiger partial charge in [0, 0.05) is 30.9 Å². The van der Waals surface area contributed by atoms with E-state index >= 15 is 0 Å². The normalized spacial score (nSPS) is 10.8. The number of aryl methyl sites for hydroxylation is 2. The third kappa shape index (κ3) is 4.15. The number of amides is 1. The maximum absolute atomic E-state index is 12.5. The summed E-state index contributed by atoms with van der Waals surface area (Å²) in [4.78, 5) is 18.7. The number of carbonyl (C=O) groups excluding carboxylic acids is 1. The molecule has 1 amide bonds. The predicted molar refractivity (Wildman–Crippen MR) is 94.1 cm³/mol. The molecule has 7 heteroatoms. The van der Waals surface area contributed by atoms with Gasteiger partial charge in [-0.15, -0.1) is 0 Å². The van der Waals surface area contributed by atoms with Gasteiger partial charge in [0.25, 0.3) is 0 Å². The summed E-state index contributed by atoms with van der Waals surface area (Å²) in [5.74, 6) is 0.0413. The third-order valence-corrected chi connectivity index (χ3v) is 4.42. The monoisotopic (exact) mass is 343 g/mol. The molecule has 2 aromatic heterocycles. The van der Waals surface area contributed by atoms with Crippen LogP contribution in [0.5, 0.6) is 0 Å². The van der Waals surface area contributed by atoms with Crippen molar-refractivity contribution < 1.29 is 9.90 Å². The molecule has 0 atom stereocenters. The van der Waals surface area contributed by atoms with E-state index in [2.05, 4.69) is 23.1 Å². The molecule has 0 aromatic carbocycles. The molecule has 2 aromatic rings. The Bertz CT molecular complexity index is 791. The van der Waals surface area contributed by atoms with Crippen molar-refractivity contribution in [2.24, 2.45) is 0 Å². The van der Waals surface area contributed by atoms with Gasteiger partial charge < -0.3 is 10.0 Å². The molecular weight excluding hydrogens is 318 g/mol. The largest absolute Gasteiger partial charge is 0.395 e. The first-order valence-electron chi connectivity index (χ1n) is 8.66. The fraction of sp³-hybridized carbons (Fsp3) is 0.556. The van der Waals surface area contributed by atoms with E-state index in [4.69, 9.17) is 10.4 Å². The van der Waals surface area contributed by atoms with Crippen LogP contribution in [0.2, 0.25) is 0 Å². The average molecular weight is 343 g/mol. The van der Waals surface area contributed by atoms with Crippen LogP contribution in [0.1, 0.15) is 48.7 Å². The maximum Gasteiger partial charge on any atom is 0.222 e. The van der Waals surface area contributed by atoms with Crippen LogP contribution >= 0.6 is 0 Å². The summed E-state index contributed by atoms with van der Waals surface area (Å²) in [5.41, 5.74) is 3.70. The van der Waals surface area contributed by atoms with Crippen LogP contribution in [-0.4, -0.2) is 50.2 Å². The molecule has 2 rings (SSSR count). The van der Waals surface area contributed by atoms with Crippen molar-refractivity contribution in [3.05, 3.63) is 28.7 Å². The molecule has 7 nitrogen and oxygen atoms in total. The summed E-state index contributed by atoms with van der Waals surface area (Å²) < 4.78 is 1.66. The van der Waals surface area contributed by atoms with E-state index in [9.17, 15) is 4.79 Å². The Morgan fingerprint density at radius 2 is 2.16 bits per heavy atom. The summed E-state index contributed by atoms with van der Waals surface area (Å²) in [5, 5.41) is 22.5. The van der Waals surface area contributed by atoms with Gasteiger partial charge in [0.2, 0.25) is 5.91 Å². The lowest BCUT2D eigenvalue weighted by Crippen LogP contribution is -2.34. The number of fused-ring (bicyclic) bond motifs is 1. The molecule has 0 radical (unpaired) electrons. The highest BCUT2D eigenvalue weighted by Gasteiger charge is 2.17. The van der Waals surface area contributed by atoms with Crippen LogP contribution in [0.25, 0.3) is 5.65 Å². The smallest absolute Gasteiger partial charge is 0.222 e. The van der Waals surface area contributed by atoms with E-state index in [1.807, 2.05) is 13.8 Å². The zero-order chi connectivity index (χ0) is 18.4. The van der Waals surface area contributed by atoms with E-state index < -0.39 is 0 Å². The molecule has 0 aliphatic carbocycles. The van der Waals surface area contributed by atoms with Crippen molar-refractivity contribution in [1.82, 2.24) is 19.5 Å². The standard InChI is InChI=1S/C18H25N5O2/c1-4-5-8-22(9-10-24)17(25)7-6-16-13(2)21-18-15(11-19)12-20-23(18)14(16)3/h12,24H,4-10H2,1-3H3. The quantitative estimate of drug-likeness (QED) is 0.788. The number of hydrogen-bond donors (Lipinski definition) is 1. The fourth-order valence-electron chi connectivity index (χ4n) is 2.97. The molecular formula is C18H25N5O2. The molecule has 25 heavy (non-hydrogen) atoms. The van der Waals surface area contributed by atoms with Crippen molar-refractivity contribution in [1.29, 1.82) is 5.26 Å². The van der Waals surface area contributed by atoms with Crippen molar-refractivity contribution in [2.45, 2.75) is 46.5 Å². The first-order chi connectivity index (χ1) is 12.0. The van der Waals surface area contributed by atoms with E-state index in [0.29, 0.717) is 37.1 Å². The minimum Gasteiger partial charge on any atom is -0.395 e. The number of unbranched alkanes of at least 4 members (excludes halogenated alkanes) is 1. The van der Waals surface area contributed by atoms with Crippen LogP contribution in [0.4, 0.5) is 0 Å². The lowest BCUT2D eigenvalue weighted by atomic mass is 10.1. The highest BCUT2D eigenvalue weighted by Crippen LogP contribution is 2.18. The summed E-state index contributed by atoms with van der Waals surface area (Å²) in [6.07, 6.45) is 4.38. The predicted octanol–water partition coefficient (Wildman–Crippen LogP) is 1.77. The molecule has 0 fully saturated rings. The number of carbonyl (C=O) groups is 1. The third-order valence-electron chi connectivity index (χ3n) is 4.42. The summed E-state index contributed by atoms with van der Waals surface area (Å²) in [7, 11) is 0. The van der Waals surface area contributed by atoms with Crippen LogP contribution in [0.3, 0.4) is 0 Å². The van der Waals surface area contributed by atoms with Gasteiger partial charge in [-0.2, -0.15) is 10.4 Å². The second-order valence-corrected chi connectivity index (χ2v) is 6.12. The van der Waals surface area contributed by atoms with Gasteiger partial charge in [-0.1, -0.05) is 13.3 Å². The van der Waals surface area contributed by atoms with E-state index in [1.165, 1.54) is 6.20 Å². The Balaban J connectivity index is 2.17. The van der Waals surface area contributed by atoms with Gasteiger partial charge in [-0.3, -0.25) is 4.79 Å². The van der Waals surface area contributed by atoms with Gasteiger partial charge in [-0.05, 0) is 32.3 Å². The Hall–Kier alpha value is -2.46. The van der Waals surface area contributed by atoms with Crippen LogP contribution in [0.15, 0.2) is 6.20 Å². The van der Waals surface area contributed by atoms with E-state index in [1.54, 1.807) is 9.42 Å². The molecule has 0 bridgehead atoms. The molecule has 0 saturated carbocycles. The van der Waals surface area contributed by atoms with Gasteiger partial charge in [-0.25, -0.2) is 9.50 Å². The van der Waals surface area contributed by atoms with Gasteiger partial charge in [0.15, 0.2) is 5.65 Å². The number of aromatic nitrogens is 3. The highest BCUT2D eigenvalue weighted by molar-refractivity contribution is 5.76. The highest BCUT2D eigenvalue weighted by atomic mass is 16.3. The van der Waals surface area contributed by atoms with Crippen molar-refractivity contribution in [3.63, 3.8) is 0 Å². The van der Waals surface area contributed by atoms with Crippen LogP contribution < -0.4 is 0 Å². The minimum atomic E-state index is -0.0226. The Morgan fingerprint density at radius 3 is 2.80 bits per heavy atom. The van der Waals surface area contributed by atoms with E-state index in [0.717, 1.165) is 29.8 Å². The first kappa shape index (κ1) is 18.9. The number of hydrogen-bond acceptors (Lipinski definition) is 5. The van der Waals surface area contributed by atoms with Crippen LogP contribution in [-0.2, 0) is 11.2 Å². The zero-order valence-corrected chi connectivity index (χ0v) is 15.1. The van der Waals surface area contributed by atoms with Crippen molar-refractivity contribution in [2.75, 3.05) is 19.7 Å². The summed E-state index contributed by atoms with van der Waals surface area (Å²) in [6.45, 7) is 6.93. The van der Waals surface area contributed by atoms with Gasteiger partial charge in [0.1, 0.15) is 11.6 Å². The van der Waals surface area contributed by atoms with Crippen molar-refractivity contribution in [3.8, 4) is 6.07 Å². The molecule has 0 aliphatic heterocycles. The van der Waals surface area contributed by atoms with Gasteiger partial charge >= 0.3 is 0 Å². The Labute approximate surface area is 147 Å². The molecule has 0 aliphatic rings. The van der Waals surface area contributed by atoms with Crippen molar-refractivity contribution >= 4 is 11.6 Å². The number of aliphatic hydroxyl groups excluding tert-OH is 1.